The first kappa shape index (κ1) is 15.7. The quantitative estimate of drug-likeness (QED) is 0.749. The number of aromatic nitrogens is 2. The summed E-state index contributed by atoms with van der Waals surface area (Å²) in [5.41, 5.74) is 2.33. The molecule has 1 atom stereocenters. The van der Waals surface area contributed by atoms with Crippen LogP contribution in [0.1, 0.15) is 31.7 Å². The summed E-state index contributed by atoms with van der Waals surface area (Å²) in [5.74, 6) is 0. The van der Waals surface area contributed by atoms with E-state index >= 15 is 0 Å². The second kappa shape index (κ2) is 7.92. The van der Waals surface area contributed by atoms with Crippen LogP contribution in [-0.4, -0.2) is 36.1 Å². The van der Waals surface area contributed by atoms with Crippen molar-refractivity contribution in [1.82, 2.24) is 15.1 Å². The average Bonchev–Trinajstić information content (AvgIpc) is 2.65. The molecule has 0 aromatic carbocycles. The van der Waals surface area contributed by atoms with E-state index in [-0.39, 0.29) is 0 Å². The molecule has 1 N–H and O–H groups in total. The van der Waals surface area contributed by atoms with Gasteiger partial charge in [-0.25, -0.2) is 0 Å². The average molecular weight is 318 g/mol. The minimum atomic E-state index is 0.425. The largest absolute Gasteiger partial charge is 0.382 e. The molecule has 0 bridgehead atoms. The fourth-order valence-corrected chi connectivity index (χ4v) is 2.46. The van der Waals surface area contributed by atoms with Crippen LogP contribution in [0.15, 0.2) is 4.47 Å². The van der Waals surface area contributed by atoms with E-state index in [1.165, 1.54) is 5.69 Å². The monoisotopic (exact) mass is 317 g/mol. The number of nitrogens with one attached hydrogen (secondary N) is 1. The molecule has 1 aromatic rings. The lowest BCUT2D eigenvalue weighted by molar-refractivity contribution is 0.137. The molecule has 0 fully saturated rings. The SMILES string of the molecule is CCOCCC(Cc1c(Br)c(C)nn1CC)NC. The summed E-state index contributed by atoms with van der Waals surface area (Å²) in [7, 11) is 2.00. The molecule has 18 heavy (non-hydrogen) atoms. The van der Waals surface area contributed by atoms with Crippen molar-refractivity contribution in [3.8, 4) is 0 Å². The fourth-order valence-electron chi connectivity index (χ4n) is 2.02. The third-order valence-electron chi connectivity index (χ3n) is 3.12. The predicted molar refractivity (Wildman–Crippen MR) is 78.0 cm³/mol. The molecule has 0 aliphatic carbocycles. The highest BCUT2D eigenvalue weighted by molar-refractivity contribution is 9.10. The van der Waals surface area contributed by atoms with Gasteiger partial charge in [0.05, 0.1) is 15.9 Å². The van der Waals surface area contributed by atoms with Crippen LogP contribution in [0.25, 0.3) is 0 Å². The zero-order chi connectivity index (χ0) is 13.5. The molecule has 0 saturated heterocycles. The van der Waals surface area contributed by atoms with Crippen LogP contribution in [0, 0.1) is 6.92 Å². The molecule has 1 unspecified atom stereocenters. The smallest absolute Gasteiger partial charge is 0.0738 e. The molecule has 0 spiro atoms. The molecular formula is C13H24BrN3O. The van der Waals surface area contributed by atoms with Gasteiger partial charge in [-0.1, -0.05) is 0 Å². The number of hydrogen-bond donors (Lipinski definition) is 1. The van der Waals surface area contributed by atoms with Crippen molar-refractivity contribution in [2.45, 2.75) is 46.2 Å². The number of rotatable bonds is 8. The number of likely N-dealkylation sites (N-methyl/N-ethyl adjacent to an activating group) is 1. The topological polar surface area (TPSA) is 39.1 Å². The van der Waals surface area contributed by atoms with Crippen LogP contribution in [0.4, 0.5) is 0 Å². The van der Waals surface area contributed by atoms with Gasteiger partial charge in [0, 0.05) is 32.2 Å². The Morgan fingerprint density at radius 3 is 2.72 bits per heavy atom. The van der Waals surface area contributed by atoms with Gasteiger partial charge in [-0.05, 0) is 50.2 Å². The number of halogens is 1. The van der Waals surface area contributed by atoms with Crippen molar-refractivity contribution in [2.75, 3.05) is 20.3 Å². The second-order valence-corrected chi connectivity index (χ2v) is 5.13. The van der Waals surface area contributed by atoms with Crippen LogP contribution < -0.4 is 5.32 Å². The lowest BCUT2D eigenvalue weighted by atomic mass is 10.1. The lowest BCUT2D eigenvalue weighted by Crippen LogP contribution is -2.30. The molecule has 0 aliphatic heterocycles. The van der Waals surface area contributed by atoms with Gasteiger partial charge < -0.3 is 10.1 Å². The first-order valence-electron chi connectivity index (χ1n) is 6.60. The molecule has 0 saturated carbocycles. The van der Waals surface area contributed by atoms with E-state index in [0.717, 1.165) is 42.8 Å². The van der Waals surface area contributed by atoms with Crippen LogP contribution in [0.2, 0.25) is 0 Å². The summed E-state index contributed by atoms with van der Waals surface area (Å²) in [6.07, 6.45) is 1.99. The Hall–Kier alpha value is -0.390. The predicted octanol–water partition coefficient (Wildman–Crippen LogP) is 2.53. The Balaban J connectivity index is 2.68. The van der Waals surface area contributed by atoms with E-state index in [0.29, 0.717) is 6.04 Å². The second-order valence-electron chi connectivity index (χ2n) is 4.34. The minimum absolute atomic E-state index is 0.425. The van der Waals surface area contributed by atoms with Crippen molar-refractivity contribution >= 4 is 15.9 Å². The molecule has 104 valence electrons. The standard InChI is InChI=1S/C13H24BrN3O/c1-5-17-12(13(14)10(3)16-17)9-11(15-4)7-8-18-6-2/h11,15H,5-9H2,1-4H3. The van der Waals surface area contributed by atoms with E-state index in [2.05, 4.69) is 38.0 Å². The molecule has 4 nitrogen and oxygen atoms in total. The molecule has 0 aliphatic rings. The first-order chi connectivity index (χ1) is 8.63. The number of nitrogens with zero attached hydrogens (tertiary/aromatic N) is 2. The van der Waals surface area contributed by atoms with Gasteiger partial charge in [-0.3, -0.25) is 4.68 Å². The normalized spacial score (nSPS) is 12.9. The van der Waals surface area contributed by atoms with Crippen molar-refractivity contribution in [1.29, 1.82) is 0 Å². The Bertz CT molecular complexity index is 365. The van der Waals surface area contributed by atoms with Crippen LogP contribution in [0.5, 0.6) is 0 Å². The van der Waals surface area contributed by atoms with Crippen LogP contribution in [0.3, 0.4) is 0 Å². The van der Waals surface area contributed by atoms with Crippen molar-refractivity contribution in [2.24, 2.45) is 0 Å². The van der Waals surface area contributed by atoms with Crippen molar-refractivity contribution in [3.63, 3.8) is 0 Å². The summed E-state index contributed by atoms with van der Waals surface area (Å²) >= 11 is 3.64. The molecule has 0 radical (unpaired) electrons. The third kappa shape index (κ3) is 4.07. The van der Waals surface area contributed by atoms with Gasteiger partial charge in [0.15, 0.2) is 0 Å². The zero-order valence-corrected chi connectivity index (χ0v) is 13.4. The fraction of sp³-hybridized carbons (Fsp3) is 0.769. The Morgan fingerprint density at radius 1 is 1.44 bits per heavy atom. The Labute approximate surface area is 118 Å². The molecule has 1 rings (SSSR count). The zero-order valence-electron chi connectivity index (χ0n) is 11.8. The van der Waals surface area contributed by atoms with E-state index in [1.807, 2.05) is 20.9 Å². The Morgan fingerprint density at radius 2 is 2.17 bits per heavy atom. The number of aryl methyl sites for hydroxylation is 2. The van der Waals surface area contributed by atoms with E-state index in [4.69, 9.17) is 4.74 Å². The van der Waals surface area contributed by atoms with Crippen molar-refractivity contribution < 1.29 is 4.74 Å². The van der Waals surface area contributed by atoms with E-state index < -0.39 is 0 Å². The lowest BCUT2D eigenvalue weighted by Gasteiger charge is -2.17. The number of ether oxygens (including phenoxy) is 1. The van der Waals surface area contributed by atoms with Gasteiger partial charge >= 0.3 is 0 Å². The van der Waals surface area contributed by atoms with Gasteiger partial charge in [0.2, 0.25) is 0 Å². The molecule has 1 heterocycles. The summed E-state index contributed by atoms with van der Waals surface area (Å²) in [6, 6.07) is 0.425. The van der Waals surface area contributed by atoms with Gasteiger partial charge in [-0.15, -0.1) is 0 Å². The minimum Gasteiger partial charge on any atom is -0.382 e. The number of hydrogen-bond acceptors (Lipinski definition) is 3. The summed E-state index contributed by atoms with van der Waals surface area (Å²) in [4.78, 5) is 0. The molecular weight excluding hydrogens is 294 g/mol. The highest BCUT2D eigenvalue weighted by Gasteiger charge is 2.16. The summed E-state index contributed by atoms with van der Waals surface area (Å²) in [6.45, 7) is 8.68. The third-order valence-corrected chi connectivity index (χ3v) is 4.15. The molecule has 1 aromatic heterocycles. The highest BCUT2D eigenvalue weighted by Crippen LogP contribution is 2.22. The Kier molecular flexibility index (Phi) is 6.89. The summed E-state index contributed by atoms with van der Waals surface area (Å²) < 4.78 is 8.64. The summed E-state index contributed by atoms with van der Waals surface area (Å²) in [5, 5.41) is 7.88. The van der Waals surface area contributed by atoms with Gasteiger partial charge in [0.1, 0.15) is 0 Å². The van der Waals surface area contributed by atoms with E-state index in [1.54, 1.807) is 0 Å². The van der Waals surface area contributed by atoms with Gasteiger partial charge in [-0.2, -0.15) is 5.10 Å². The van der Waals surface area contributed by atoms with Crippen molar-refractivity contribution in [3.05, 3.63) is 15.9 Å². The highest BCUT2D eigenvalue weighted by atomic mass is 79.9. The maximum atomic E-state index is 5.42. The maximum Gasteiger partial charge on any atom is 0.0738 e. The van der Waals surface area contributed by atoms with E-state index in [9.17, 15) is 0 Å². The van der Waals surface area contributed by atoms with Gasteiger partial charge in [0.25, 0.3) is 0 Å². The van der Waals surface area contributed by atoms with Crippen LogP contribution >= 0.6 is 15.9 Å². The molecule has 0 amide bonds. The molecule has 5 heteroatoms. The van der Waals surface area contributed by atoms with Crippen LogP contribution in [-0.2, 0) is 17.7 Å². The maximum absolute atomic E-state index is 5.42. The first-order valence-corrected chi connectivity index (χ1v) is 7.40.